The standard InChI is InChI=1S/C22H21NO9S/c1-4-30-21(27)12(2)23-19(24)18(33-22(23)28)10-13-5-7-15(17(9-13)29-3)31-11-14-6-8-16(32-14)20(25)26/h5-10,12H,4,11H2,1-3H3,(H,25,26)/b18-10+/t12-/m1/s1. The molecule has 11 heteroatoms. The number of hydrogen-bond acceptors (Lipinski definition) is 9. The fourth-order valence-corrected chi connectivity index (χ4v) is 3.85. The number of carbonyl (C=O) groups is 4. The van der Waals surface area contributed by atoms with E-state index in [1.165, 1.54) is 32.2 Å². The first-order valence-electron chi connectivity index (χ1n) is 9.81. The Morgan fingerprint density at radius 2 is 1.97 bits per heavy atom. The van der Waals surface area contributed by atoms with E-state index < -0.39 is 29.1 Å². The van der Waals surface area contributed by atoms with E-state index in [9.17, 15) is 19.2 Å². The van der Waals surface area contributed by atoms with Crippen LogP contribution < -0.4 is 9.47 Å². The summed E-state index contributed by atoms with van der Waals surface area (Å²) in [4.78, 5) is 48.9. The quantitative estimate of drug-likeness (QED) is 0.424. The van der Waals surface area contributed by atoms with Gasteiger partial charge >= 0.3 is 11.9 Å². The molecule has 10 nitrogen and oxygen atoms in total. The molecule has 1 aromatic heterocycles. The molecule has 1 saturated heterocycles. The summed E-state index contributed by atoms with van der Waals surface area (Å²) in [6.45, 7) is 3.20. The number of benzene rings is 1. The molecule has 0 radical (unpaired) electrons. The molecule has 1 atom stereocenters. The van der Waals surface area contributed by atoms with E-state index >= 15 is 0 Å². The van der Waals surface area contributed by atoms with Crippen molar-refractivity contribution in [2.24, 2.45) is 0 Å². The SMILES string of the molecule is CCOC(=O)[C@@H](C)N1C(=O)S/C(=C/c2ccc(OCc3ccc(C(=O)O)o3)c(OC)c2)C1=O. The molecule has 0 spiro atoms. The minimum atomic E-state index is -1.18. The average molecular weight is 475 g/mol. The minimum absolute atomic E-state index is 0.0202. The molecule has 2 amide bonds. The van der Waals surface area contributed by atoms with E-state index in [1.807, 2.05) is 0 Å². The number of esters is 1. The molecule has 1 fully saturated rings. The van der Waals surface area contributed by atoms with Crippen molar-refractivity contribution < 1.29 is 42.9 Å². The zero-order valence-corrected chi connectivity index (χ0v) is 18.8. The summed E-state index contributed by atoms with van der Waals surface area (Å²) >= 11 is 0.729. The Balaban J connectivity index is 1.74. The number of imide groups is 1. The molecular formula is C22H21NO9S. The summed E-state index contributed by atoms with van der Waals surface area (Å²) in [7, 11) is 1.44. The van der Waals surface area contributed by atoms with Crippen molar-refractivity contribution in [3.8, 4) is 11.5 Å². The van der Waals surface area contributed by atoms with E-state index in [4.69, 9.17) is 23.7 Å². The lowest BCUT2D eigenvalue weighted by Gasteiger charge is -2.19. The number of furan rings is 1. The van der Waals surface area contributed by atoms with Crippen LogP contribution in [0.3, 0.4) is 0 Å². The van der Waals surface area contributed by atoms with Gasteiger partial charge in [0.2, 0.25) is 5.76 Å². The van der Waals surface area contributed by atoms with Crippen molar-refractivity contribution >= 4 is 40.9 Å². The highest BCUT2D eigenvalue weighted by molar-refractivity contribution is 8.18. The lowest BCUT2D eigenvalue weighted by molar-refractivity contribution is -0.150. The number of methoxy groups -OCH3 is 1. The second kappa shape index (κ2) is 10.3. The van der Waals surface area contributed by atoms with Gasteiger partial charge in [0.1, 0.15) is 18.4 Å². The Morgan fingerprint density at radius 3 is 2.61 bits per heavy atom. The number of amides is 2. The van der Waals surface area contributed by atoms with Gasteiger partial charge in [0, 0.05) is 0 Å². The summed E-state index contributed by atoms with van der Waals surface area (Å²) < 4.78 is 21.0. The van der Waals surface area contributed by atoms with Crippen LogP contribution in [0.1, 0.15) is 35.7 Å². The highest BCUT2D eigenvalue weighted by Gasteiger charge is 2.41. The molecule has 3 rings (SSSR count). The molecule has 0 unspecified atom stereocenters. The maximum Gasteiger partial charge on any atom is 0.371 e. The Bertz CT molecular complexity index is 1120. The molecule has 33 heavy (non-hydrogen) atoms. The fourth-order valence-electron chi connectivity index (χ4n) is 2.95. The second-order valence-corrected chi connectivity index (χ2v) is 7.74. The molecule has 0 bridgehead atoms. The molecule has 0 aliphatic carbocycles. The zero-order valence-electron chi connectivity index (χ0n) is 18.0. The van der Waals surface area contributed by atoms with Crippen molar-refractivity contribution in [3.63, 3.8) is 0 Å². The Hall–Kier alpha value is -3.73. The van der Waals surface area contributed by atoms with Gasteiger partial charge in [-0.1, -0.05) is 6.07 Å². The summed E-state index contributed by atoms with van der Waals surface area (Å²) in [5.41, 5.74) is 0.569. The van der Waals surface area contributed by atoms with Gasteiger partial charge in [0.25, 0.3) is 11.1 Å². The number of rotatable bonds is 9. The van der Waals surface area contributed by atoms with Gasteiger partial charge in [0.15, 0.2) is 11.5 Å². The van der Waals surface area contributed by atoms with Crippen LogP contribution in [0.5, 0.6) is 11.5 Å². The number of ether oxygens (including phenoxy) is 3. The van der Waals surface area contributed by atoms with E-state index in [1.54, 1.807) is 25.1 Å². The van der Waals surface area contributed by atoms with Crippen LogP contribution in [0.15, 0.2) is 39.7 Å². The predicted molar refractivity (Wildman–Crippen MR) is 117 cm³/mol. The largest absolute Gasteiger partial charge is 0.493 e. The van der Waals surface area contributed by atoms with Crippen LogP contribution in [0, 0.1) is 0 Å². The Labute approximate surface area is 193 Å². The van der Waals surface area contributed by atoms with E-state index in [0.717, 1.165) is 16.7 Å². The summed E-state index contributed by atoms with van der Waals surface area (Å²) in [5.74, 6) is -1.57. The number of hydrogen-bond donors (Lipinski definition) is 1. The van der Waals surface area contributed by atoms with Gasteiger partial charge in [-0.3, -0.25) is 14.5 Å². The molecule has 2 heterocycles. The number of aromatic carboxylic acids is 1. The van der Waals surface area contributed by atoms with Crippen molar-refractivity contribution in [2.75, 3.05) is 13.7 Å². The molecule has 1 aromatic carbocycles. The molecule has 174 valence electrons. The number of carbonyl (C=O) groups excluding carboxylic acids is 3. The lowest BCUT2D eigenvalue weighted by Crippen LogP contribution is -2.42. The van der Waals surface area contributed by atoms with Crippen LogP contribution in [0.25, 0.3) is 6.08 Å². The molecule has 1 N–H and O–H groups in total. The first-order chi connectivity index (χ1) is 15.7. The van der Waals surface area contributed by atoms with Crippen LogP contribution in [-0.4, -0.2) is 52.8 Å². The van der Waals surface area contributed by atoms with Gasteiger partial charge in [-0.2, -0.15) is 0 Å². The highest BCUT2D eigenvalue weighted by Crippen LogP contribution is 2.36. The smallest absolute Gasteiger partial charge is 0.371 e. The van der Waals surface area contributed by atoms with Crippen LogP contribution in [0.4, 0.5) is 4.79 Å². The van der Waals surface area contributed by atoms with Crippen LogP contribution >= 0.6 is 11.8 Å². The third-order valence-electron chi connectivity index (χ3n) is 4.57. The van der Waals surface area contributed by atoms with E-state index in [-0.39, 0.29) is 23.9 Å². The highest BCUT2D eigenvalue weighted by atomic mass is 32.2. The van der Waals surface area contributed by atoms with Crippen molar-refractivity contribution in [2.45, 2.75) is 26.5 Å². The lowest BCUT2D eigenvalue weighted by atomic mass is 10.1. The van der Waals surface area contributed by atoms with Crippen LogP contribution in [0.2, 0.25) is 0 Å². The number of carboxylic acids is 1. The molecule has 0 saturated carbocycles. The third-order valence-corrected chi connectivity index (χ3v) is 5.45. The van der Waals surface area contributed by atoms with Gasteiger partial charge in [-0.05, 0) is 61.5 Å². The maximum atomic E-state index is 12.7. The Kier molecular flexibility index (Phi) is 7.44. The van der Waals surface area contributed by atoms with Gasteiger partial charge in [-0.15, -0.1) is 0 Å². The normalized spacial score (nSPS) is 15.6. The Morgan fingerprint density at radius 1 is 1.21 bits per heavy atom. The summed E-state index contributed by atoms with van der Waals surface area (Å²) in [5, 5.41) is 8.36. The maximum absolute atomic E-state index is 12.7. The molecule has 1 aliphatic heterocycles. The number of nitrogens with zero attached hydrogens (tertiary/aromatic N) is 1. The minimum Gasteiger partial charge on any atom is -0.493 e. The van der Waals surface area contributed by atoms with Gasteiger partial charge in [0.05, 0.1) is 18.6 Å². The monoisotopic (exact) mass is 475 g/mol. The van der Waals surface area contributed by atoms with Gasteiger partial charge in [-0.25, -0.2) is 9.59 Å². The van der Waals surface area contributed by atoms with Crippen molar-refractivity contribution in [3.05, 3.63) is 52.3 Å². The van der Waals surface area contributed by atoms with Crippen LogP contribution in [-0.2, 0) is 20.9 Å². The first kappa shape index (κ1) is 23.9. The fraction of sp³-hybridized carbons (Fsp3) is 0.273. The molecular weight excluding hydrogens is 454 g/mol. The summed E-state index contributed by atoms with van der Waals surface area (Å²) in [6, 6.07) is 6.68. The molecule has 1 aliphatic rings. The van der Waals surface area contributed by atoms with E-state index in [2.05, 4.69) is 0 Å². The van der Waals surface area contributed by atoms with Crippen molar-refractivity contribution in [1.29, 1.82) is 0 Å². The molecule has 2 aromatic rings. The second-order valence-electron chi connectivity index (χ2n) is 6.75. The number of carboxylic acid groups (broad SMARTS) is 1. The third kappa shape index (κ3) is 5.37. The van der Waals surface area contributed by atoms with E-state index in [0.29, 0.717) is 22.8 Å². The topological polar surface area (TPSA) is 133 Å². The first-order valence-corrected chi connectivity index (χ1v) is 10.6. The number of thioether (sulfide) groups is 1. The van der Waals surface area contributed by atoms with Gasteiger partial charge < -0.3 is 23.7 Å². The average Bonchev–Trinajstić information content (AvgIpc) is 3.37. The predicted octanol–water partition coefficient (Wildman–Crippen LogP) is 3.55. The van der Waals surface area contributed by atoms with Crippen molar-refractivity contribution in [1.82, 2.24) is 4.90 Å². The zero-order chi connectivity index (χ0) is 24.1. The summed E-state index contributed by atoms with van der Waals surface area (Å²) in [6.07, 6.45) is 1.51.